The first-order valence-electron chi connectivity index (χ1n) is 31.3. The van der Waals surface area contributed by atoms with Crippen molar-refractivity contribution in [3.63, 3.8) is 0 Å². The number of ether oxygens (including phenoxy) is 3. The molecule has 0 spiro atoms. The first kappa shape index (κ1) is 73.5. The van der Waals surface area contributed by atoms with Crippen molar-refractivity contribution in [1.82, 2.24) is 0 Å². The summed E-state index contributed by atoms with van der Waals surface area (Å²) in [6.45, 7) is 6.27. The summed E-state index contributed by atoms with van der Waals surface area (Å²) in [5.74, 6) is -0.974. The van der Waals surface area contributed by atoms with Gasteiger partial charge in [-0.3, -0.25) is 14.4 Å². The number of carbonyl (C=O) groups is 3. The lowest BCUT2D eigenvalue weighted by Crippen LogP contribution is -2.30. The molecule has 79 heavy (non-hydrogen) atoms. The molecule has 0 aliphatic carbocycles. The lowest BCUT2D eigenvalue weighted by molar-refractivity contribution is -0.167. The Hall–Kier alpha value is -5.49. The van der Waals surface area contributed by atoms with Crippen molar-refractivity contribution in [2.75, 3.05) is 13.2 Å². The SMILES string of the molecule is CC/C=C\C/C=C\C/C=C\C/C=C\C/C=C\C/C=C\C/C=C\C/C=C\C/C=C\CCCCCCCC(=O)OCC(COC(=O)CCCCCCC)OC(=O)CCCCCC/C=C\C/C=C\C/C=C\C/C=C\C/C=C\C/C=C\CC. The van der Waals surface area contributed by atoms with Crippen LogP contribution in [0.15, 0.2) is 182 Å². The number of allylic oxidation sites excluding steroid dienone is 30. The van der Waals surface area contributed by atoms with E-state index in [9.17, 15) is 14.4 Å². The maximum atomic E-state index is 12.8. The van der Waals surface area contributed by atoms with Gasteiger partial charge in [0, 0.05) is 19.3 Å². The van der Waals surface area contributed by atoms with Crippen molar-refractivity contribution in [2.45, 2.75) is 245 Å². The fourth-order valence-corrected chi connectivity index (χ4v) is 7.79. The van der Waals surface area contributed by atoms with E-state index in [4.69, 9.17) is 14.2 Å². The Labute approximate surface area is 484 Å². The molecule has 0 fully saturated rings. The molecule has 0 aromatic heterocycles. The second-order valence-electron chi connectivity index (χ2n) is 19.9. The third-order valence-corrected chi connectivity index (χ3v) is 12.4. The highest BCUT2D eigenvalue weighted by Gasteiger charge is 2.19. The molecule has 0 N–H and O–H groups in total. The number of rotatable bonds is 54. The van der Waals surface area contributed by atoms with Crippen LogP contribution in [0, 0.1) is 0 Å². The zero-order valence-electron chi connectivity index (χ0n) is 50.3. The van der Waals surface area contributed by atoms with Gasteiger partial charge in [0.25, 0.3) is 0 Å². The minimum atomic E-state index is -0.807. The molecule has 0 heterocycles. The molecule has 0 aliphatic heterocycles. The smallest absolute Gasteiger partial charge is 0.306 e. The molecule has 1 unspecified atom stereocenters. The van der Waals surface area contributed by atoms with Crippen LogP contribution in [-0.4, -0.2) is 37.2 Å². The van der Waals surface area contributed by atoms with Crippen LogP contribution in [0.5, 0.6) is 0 Å². The van der Waals surface area contributed by atoms with Crippen molar-refractivity contribution in [3.8, 4) is 0 Å². The zero-order chi connectivity index (χ0) is 57.1. The second kappa shape index (κ2) is 65.0. The van der Waals surface area contributed by atoms with E-state index in [1.54, 1.807) is 0 Å². The Kier molecular flexibility index (Phi) is 60.5. The summed E-state index contributed by atoms with van der Waals surface area (Å²) in [6.07, 6.45) is 97.9. The van der Waals surface area contributed by atoms with E-state index in [2.05, 4.69) is 203 Å². The Morgan fingerprint density at radius 3 is 0.772 bits per heavy atom. The topological polar surface area (TPSA) is 78.9 Å². The average Bonchev–Trinajstić information content (AvgIpc) is 3.45. The molecule has 0 amide bonds. The van der Waals surface area contributed by atoms with Crippen LogP contribution >= 0.6 is 0 Å². The third kappa shape index (κ3) is 63.2. The van der Waals surface area contributed by atoms with E-state index in [-0.39, 0.29) is 37.5 Å². The highest BCUT2D eigenvalue weighted by Crippen LogP contribution is 2.13. The van der Waals surface area contributed by atoms with Crippen molar-refractivity contribution in [1.29, 1.82) is 0 Å². The van der Waals surface area contributed by atoms with Crippen molar-refractivity contribution in [3.05, 3.63) is 182 Å². The van der Waals surface area contributed by atoms with E-state index in [0.717, 1.165) is 199 Å². The van der Waals surface area contributed by atoms with Gasteiger partial charge in [0.15, 0.2) is 6.10 Å². The molecular weight excluding hydrogens is 973 g/mol. The molecule has 0 radical (unpaired) electrons. The maximum Gasteiger partial charge on any atom is 0.306 e. The fourth-order valence-electron chi connectivity index (χ4n) is 7.79. The Morgan fingerprint density at radius 2 is 0.494 bits per heavy atom. The van der Waals surface area contributed by atoms with Crippen LogP contribution < -0.4 is 0 Å². The molecule has 0 saturated heterocycles. The van der Waals surface area contributed by atoms with Gasteiger partial charge in [0.2, 0.25) is 0 Å². The summed E-state index contributed by atoms with van der Waals surface area (Å²) >= 11 is 0. The number of carbonyl (C=O) groups excluding carboxylic acids is 3. The summed E-state index contributed by atoms with van der Waals surface area (Å²) in [7, 11) is 0. The predicted molar refractivity (Wildman–Crippen MR) is 343 cm³/mol. The highest BCUT2D eigenvalue weighted by molar-refractivity contribution is 5.71. The second-order valence-corrected chi connectivity index (χ2v) is 19.9. The van der Waals surface area contributed by atoms with E-state index in [1.165, 1.54) is 0 Å². The number of hydrogen-bond donors (Lipinski definition) is 0. The van der Waals surface area contributed by atoms with E-state index >= 15 is 0 Å². The molecule has 0 aromatic carbocycles. The largest absolute Gasteiger partial charge is 0.462 e. The Bertz CT molecular complexity index is 1870. The molecule has 0 aliphatic rings. The number of unbranched alkanes of at least 4 members (excludes halogenated alkanes) is 13. The van der Waals surface area contributed by atoms with Crippen molar-refractivity contribution < 1.29 is 28.6 Å². The molecule has 1 atom stereocenters. The van der Waals surface area contributed by atoms with Crippen LogP contribution in [0.3, 0.4) is 0 Å². The van der Waals surface area contributed by atoms with Crippen LogP contribution in [0.4, 0.5) is 0 Å². The lowest BCUT2D eigenvalue weighted by Gasteiger charge is -2.18. The van der Waals surface area contributed by atoms with Crippen LogP contribution in [0.1, 0.15) is 239 Å². The number of esters is 3. The summed E-state index contributed by atoms with van der Waals surface area (Å²) in [6, 6.07) is 0. The molecule has 6 heteroatoms. The van der Waals surface area contributed by atoms with Gasteiger partial charge in [-0.1, -0.05) is 261 Å². The average molecular weight is 1090 g/mol. The van der Waals surface area contributed by atoms with E-state index < -0.39 is 6.10 Å². The zero-order valence-corrected chi connectivity index (χ0v) is 50.3. The van der Waals surface area contributed by atoms with Crippen LogP contribution in [0.25, 0.3) is 0 Å². The van der Waals surface area contributed by atoms with E-state index in [0.29, 0.717) is 12.8 Å². The van der Waals surface area contributed by atoms with Gasteiger partial charge in [-0.25, -0.2) is 0 Å². The molecule has 0 bridgehead atoms. The first-order valence-corrected chi connectivity index (χ1v) is 31.3. The predicted octanol–water partition coefficient (Wildman–Crippen LogP) is 21.7. The third-order valence-electron chi connectivity index (χ3n) is 12.4. The van der Waals surface area contributed by atoms with Gasteiger partial charge >= 0.3 is 17.9 Å². The first-order chi connectivity index (χ1) is 39.0. The molecule has 440 valence electrons. The van der Waals surface area contributed by atoms with Gasteiger partial charge < -0.3 is 14.2 Å². The number of hydrogen-bond acceptors (Lipinski definition) is 6. The molecule has 0 saturated carbocycles. The molecule has 0 aromatic rings. The lowest BCUT2D eigenvalue weighted by atomic mass is 10.1. The van der Waals surface area contributed by atoms with Gasteiger partial charge in [0.1, 0.15) is 13.2 Å². The monoisotopic (exact) mass is 1080 g/mol. The van der Waals surface area contributed by atoms with Gasteiger partial charge in [0.05, 0.1) is 0 Å². The minimum Gasteiger partial charge on any atom is -0.462 e. The van der Waals surface area contributed by atoms with Crippen LogP contribution in [0.2, 0.25) is 0 Å². The maximum absolute atomic E-state index is 12.8. The molecule has 6 nitrogen and oxygen atoms in total. The Balaban J connectivity index is 4.21. The van der Waals surface area contributed by atoms with Crippen molar-refractivity contribution in [2.24, 2.45) is 0 Å². The summed E-state index contributed by atoms with van der Waals surface area (Å²) in [5.41, 5.74) is 0. The summed E-state index contributed by atoms with van der Waals surface area (Å²) < 4.78 is 16.7. The van der Waals surface area contributed by atoms with Gasteiger partial charge in [-0.15, -0.1) is 0 Å². The quantitative estimate of drug-likeness (QED) is 0.0261. The summed E-state index contributed by atoms with van der Waals surface area (Å²) in [4.78, 5) is 37.9. The van der Waals surface area contributed by atoms with Crippen LogP contribution in [-0.2, 0) is 28.6 Å². The Morgan fingerprint density at radius 1 is 0.266 bits per heavy atom. The fraction of sp³-hybridized carbons (Fsp3) is 0.548. The van der Waals surface area contributed by atoms with Gasteiger partial charge in [-0.05, 0) is 141 Å². The molecule has 0 rings (SSSR count). The molecular formula is C73H112O6. The van der Waals surface area contributed by atoms with E-state index in [1.807, 2.05) is 0 Å². The minimum absolute atomic E-state index is 0.104. The van der Waals surface area contributed by atoms with Crippen molar-refractivity contribution >= 4 is 17.9 Å². The highest BCUT2D eigenvalue weighted by atomic mass is 16.6. The summed E-state index contributed by atoms with van der Waals surface area (Å²) in [5, 5.41) is 0. The van der Waals surface area contributed by atoms with Gasteiger partial charge in [-0.2, -0.15) is 0 Å². The normalized spacial score (nSPS) is 13.4. The standard InChI is InChI=1S/C73H112O6/c1-4-7-10-13-15-17-19-21-23-25-27-29-31-32-33-34-35-36-37-38-39-40-42-43-45-47-49-51-53-55-57-60-63-66-72(75)78-69-70(68-77-71(74)65-62-59-12-9-6-3)79-73(76)67-64-61-58-56-54-52-50-48-46-44-41-30-28-26-24-22-20-18-16-14-11-8-5-2/h7-8,10-11,15-18,21-24,27-30,32-33,35-36,38-39,42-44,46-47,49-50,52,70H,4-6,9,12-14,19-20,25-26,31,34,37,40-41,45,48,51,53-69H2,1-3H3/b10-7-,11-8-,17-15-,18-16-,23-21-,24-22-,29-27-,30-28-,33-32-,36-35-,39-38-,43-42-,46-44-,49-47-,52-50-.